The molecule has 1 aromatic heterocycles. The standard InChI is InChI=1S/C11H6BrClN4O/c12-9-10(15-5-16-11(9)18)17-8-3-6(4-14)1-2-7(8)13/h1-3,5H,(H2,15,16,17,18). The molecule has 2 aromatic rings. The largest absolute Gasteiger partial charge is 0.338 e. The smallest absolute Gasteiger partial charge is 0.267 e. The maximum absolute atomic E-state index is 11.4. The molecule has 0 saturated carbocycles. The molecule has 0 aliphatic rings. The summed E-state index contributed by atoms with van der Waals surface area (Å²) in [7, 11) is 0. The molecule has 0 saturated heterocycles. The molecule has 0 spiro atoms. The molecule has 0 amide bonds. The molecule has 0 radical (unpaired) electrons. The van der Waals surface area contributed by atoms with Crippen LogP contribution in [0, 0.1) is 11.3 Å². The van der Waals surface area contributed by atoms with Crippen molar-refractivity contribution >= 4 is 39.0 Å². The number of benzene rings is 1. The molecule has 5 nitrogen and oxygen atoms in total. The molecule has 18 heavy (non-hydrogen) atoms. The van der Waals surface area contributed by atoms with Gasteiger partial charge < -0.3 is 10.3 Å². The zero-order valence-corrected chi connectivity index (χ0v) is 11.2. The zero-order valence-electron chi connectivity index (χ0n) is 8.87. The van der Waals surface area contributed by atoms with Gasteiger partial charge in [0.05, 0.1) is 28.7 Å². The van der Waals surface area contributed by atoms with Crippen LogP contribution in [-0.2, 0) is 0 Å². The van der Waals surface area contributed by atoms with Crippen LogP contribution in [0.25, 0.3) is 0 Å². The highest BCUT2D eigenvalue weighted by atomic mass is 79.9. The van der Waals surface area contributed by atoms with Gasteiger partial charge in [-0.25, -0.2) is 4.98 Å². The number of aromatic amines is 1. The predicted molar refractivity (Wildman–Crippen MR) is 72.0 cm³/mol. The van der Waals surface area contributed by atoms with Gasteiger partial charge in [-0.05, 0) is 34.1 Å². The predicted octanol–water partition coefficient (Wildman–Crippen LogP) is 2.80. The summed E-state index contributed by atoms with van der Waals surface area (Å²) in [5.41, 5.74) is 0.664. The van der Waals surface area contributed by atoms with Crippen molar-refractivity contribution in [1.82, 2.24) is 9.97 Å². The first-order chi connectivity index (χ1) is 8.61. The number of nitrogens with one attached hydrogen (secondary N) is 2. The number of rotatable bonds is 2. The third-order valence-corrected chi connectivity index (χ3v) is 3.21. The molecule has 1 heterocycles. The van der Waals surface area contributed by atoms with Gasteiger partial charge in [0.15, 0.2) is 5.82 Å². The first-order valence-corrected chi connectivity index (χ1v) is 5.99. The third kappa shape index (κ3) is 2.53. The minimum absolute atomic E-state index is 0.267. The minimum atomic E-state index is -0.305. The normalized spacial score (nSPS) is 9.83. The van der Waals surface area contributed by atoms with E-state index >= 15 is 0 Å². The summed E-state index contributed by atoms with van der Waals surface area (Å²) in [5.74, 6) is 0.329. The van der Waals surface area contributed by atoms with Crippen LogP contribution < -0.4 is 10.9 Å². The van der Waals surface area contributed by atoms with Crippen LogP contribution in [0.1, 0.15) is 5.56 Å². The number of nitriles is 1. The van der Waals surface area contributed by atoms with Gasteiger partial charge in [0.1, 0.15) is 4.47 Å². The van der Waals surface area contributed by atoms with Gasteiger partial charge >= 0.3 is 0 Å². The van der Waals surface area contributed by atoms with Crippen molar-refractivity contribution < 1.29 is 0 Å². The Morgan fingerprint density at radius 3 is 3.00 bits per heavy atom. The lowest BCUT2D eigenvalue weighted by Crippen LogP contribution is -2.10. The topological polar surface area (TPSA) is 81.6 Å². The molecular formula is C11H6BrClN4O. The van der Waals surface area contributed by atoms with Crippen molar-refractivity contribution in [3.05, 3.63) is 49.9 Å². The van der Waals surface area contributed by atoms with Crippen LogP contribution in [0.3, 0.4) is 0 Å². The minimum Gasteiger partial charge on any atom is -0.338 e. The van der Waals surface area contributed by atoms with Crippen molar-refractivity contribution in [2.24, 2.45) is 0 Å². The summed E-state index contributed by atoms with van der Waals surface area (Å²) in [6, 6.07) is 6.79. The van der Waals surface area contributed by atoms with E-state index in [0.717, 1.165) is 0 Å². The first kappa shape index (κ1) is 12.6. The highest BCUT2D eigenvalue weighted by Crippen LogP contribution is 2.27. The summed E-state index contributed by atoms with van der Waals surface area (Å²) in [6.07, 6.45) is 1.28. The van der Waals surface area contributed by atoms with E-state index in [0.29, 0.717) is 22.1 Å². The maximum atomic E-state index is 11.4. The first-order valence-electron chi connectivity index (χ1n) is 4.81. The van der Waals surface area contributed by atoms with Gasteiger partial charge in [-0.1, -0.05) is 11.6 Å². The monoisotopic (exact) mass is 324 g/mol. The van der Waals surface area contributed by atoms with Crippen molar-refractivity contribution in [2.75, 3.05) is 5.32 Å². The van der Waals surface area contributed by atoms with Crippen LogP contribution in [0.2, 0.25) is 5.02 Å². The number of H-pyrrole nitrogens is 1. The molecule has 0 atom stereocenters. The fourth-order valence-corrected chi connectivity index (χ4v) is 1.77. The lowest BCUT2D eigenvalue weighted by Gasteiger charge is -2.08. The lowest BCUT2D eigenvalue weighted by molar-refractivity contribution is 1.10. The van der Waals surface area contributed by atoms with E-state index in [1.165, 1.54) is 6.33 Å². The summed E-state index contributed by atoms with van der Waals surface area (Å²) in [4.78, 5) is 17.8. The molecule has 90 valence electrons. The maximum Gasteiger partial charge on any atom is 0.267 e. The third-order valence-electron chi connectivity index (χ3n) is 2.15. The molecule has 2 N–H and O–H groups in total. The zero-order chi connectivity index (χ0) is 13.1. The van der Waals surface area contributed by atoms with Crippen LogP contribution in [-0.4, -0.2) is 9.97 Å². The van der Waals surface area contributed by atoms with Gasteiger partial charge in [-0.3, -0.25) is 4.79 Å². The summed E-state index contributed by atoms with van der Waals surface area (Å²) < 4.78 is 0.267. The highest BCUT2D eigenvalue weighted by molar-refractivity contribution is 9.10. The number of anilines is 2. The highest BCUT2D eigenvalue weighted by Gasteiger charge is 2.08. The van der Waals surface area contributed by atoms with Gasteiger partial charge in [0, 0.05) is 0 Å². The van der Waals surface area contributed by atoms with E-state index in [1.807, 2.05) is 6.07 Å². The van der Waals surface area contributed by atoms with Crippen molar-refractivity contribution in [3.63, 3.8) is 0 Å². The van der Waals surface area contributed by atoms with E-state index in [2.05, 4.69) is 31.2 Å². The molecule has 0 bridgehead atoms. The number of hydrogen-bond acceptors (Lipinski definition) is 4. The van der Waals surface area contributed by atoms with E-state index in [1.54, 1.807) is 18.2 Å². The van der Waals surface area contributed by atoms with Crippen LogP contribution in [0.15, 0.2) is 33.8 Å². The average molecular weight is 326 g/mol. The summed E-state index contributed by atoms with van der Waals surface area (Å²) in [6.45, 7) is 0. The van der Waals surface area contributed by atoms with Gasteiger partial charge in [0.25, 0.3) is 5.56 Å². The van der Waals surface area contributed by atoms with Gasteiger partial charge in [-0.2, -0.15) is 5.26 Å². The van der Waals surface area contributed by atoms with Crippen molar-refractivity contribution in [2.45, 2.75) is 0 Å². The van der Waals surface area contributed by atoms with Crippen molar-refractivity contribution in [1.29, 1.82) is 5.26 Å². The van der Waals surface area contributed by atoms with E-state index in [4.69, 9.17) is 16.9 Å². The Morgan fingerprint density at radius 2 is 2.28 bits per heavy atom. The van der Waals surface area contributed by atoms with Crippen LogP contribution in [0.4, 0.5) is 11.5 Å². The van der Waals surface area contributed by atoms with Crippen LogP contribution >= 0.6 is 27.5 Å². The van der Waals surface area contributed by atoms with Crippen molar-refractivity contribution in [3.8, 4) is 6.07 Å². The van der Waals surface area contributed by atoms with E-state index in [-0.39, 0.29) is 10.0 Å². The molecule has 7 heteroatoms. The Kier molecular flexibility index (Phi) is 3.65. The quantitative estimate of drug-likeness (QED) is 0.889. The summed E-state index contributed by atoms with van der Waals surface area (Å²) in [5, 5.41) is 12.1. The Labute approximate surface area is 116 Å². The second kappa shape index (κ2) is 5.21. The fourth-order valence-electron chi connectivity index (χ4n) is 1.29. The van der Waals surface area contributed by atoms with E-state index < -0.39 is 0 Å². The Bertz CT molecular complexity index is 692. The Balaban J connectivity index is 2.43. The van der Waals surface area contributed by atoms with Gasteiger partial charge in [-0.15, -0.1) is 0 Å². The van der Waals surface area contributed by atoms with E-state index in [9.17, 15) is 4.79 Å². The van der Waals surface area contributed by atoms with Gasteiger partial charge in [0.2, 0.25) is 0 Å². The number of hydrogen-bond donors (Lipinski definition) is 2. The number of halogens is 2. The SMILES string of the molecule is N#Cc1ccc(Cl)c(Nc2nc[nH]c(=O)c2Br)c1. The second-order valence-corrected chi connectivity index (χ2v) is 4.53. The fraction of sp³-hybridized carbons (Fsp3) is 0. The average Bonchev–Trinajstić information content (AvgIpc) is 2.37. The number of aromatic nitrogens is 2. The Hall–Kier alpha value is -1.84. The molecule has 2 rings (SSSR count). The molecule has 1 aromatic carbocycles. The molecule has 0 fully saturated rings. The molecule has 0 aliphatic heterocycles. The summed E-state index contributed by atoms with van der Waals surface area (Å²) >= 11 is 9.12. The molecule has 0 unspecified atom stereocenters. The number of nitrogens with zero attached hydrogens (tertiary/aromatic N) is 2. The lowest BCUT2D eigenvalue weighted by atomic mass is 10.2. The Morgan fingerprint density at radius 1 is 1.50 bits per heavy atom. The second-order valence-electron chi connectivity index (χ2n) is 3.33. The molecular weight excluding hydrogens is 320 g/mol. The van der Waals surface area contributed by atoms with Crippen LogP contribution in [0.5, 0.6) is 0 Å². The molecule has 0 aliphatic carbocycles.